The van der Waals surface area contributed by atoms with Gasteiger partial charge in [0.25, 0.3) is 0 Å². The van der Waals surface area contributed by atoms with Crippen molar-refractivity contribution in [3.8, 4) is 0 Å². The van der Waals surface area contributed by atoms with Gasteiger partial charge >= 0.3 is 5.97 Å². The van der Waals surface area contributed by atoms with Gasteiger partial charge in [-0.2, -0.15) is 0 Å². The maximum absolute atomic E-state index is 11.2. The van der Waals surface area contributed by atoms with E-state index in [0.717, 1.165) is 10.5 Å². The lowest BCUT2D eigenvalue weighted by Gasteiger charge is -2.17. The molecule has 88 valence electrons. The van der Waals surface area contributed by atoms with E-state index in [0.29, 0.717) is 5.69 Å². The number of rotatable bonds is 4. The first kappa shape index (κ1) is 12.9. The number of carboxylic acid groups (broad SMARTS) is 1. The number of carbonyl (C=O) groups is 1. The van der Waals surface area contributed by atoms with E-state index in [1.165, 1.54) is 11.8 Å². The molecule has 3 nitrogen and oxygen atoms in total. The molecular weight excluding hydrogens is 222 g/mol. The third-order valence-electron chi connectivity index (χ3n) is 2.55. The SMILES string of the molecule is CSc1cc(C(C(=O)O)C(C)C)ccc1N. The van der Waals surface area contributed by atoms with Crippen LogP contribution in [0.25, 0.3) is 0 Å². The summed E-state index contributed by atoms with van der Waals surface area (Å²) >= 11 is 1.53. The highest BCUT2D eigenvalue weighted by Gasteiger charge is 2.23. The van der Waals surface area contributed by atoms with E-state index in [1.54, 1.807) is 12.1 Å². The molecule has 3 N–H and O–H groups in total. The number of thioether (sulfide) groups is 1. The van der Waals surface area contributed by atoms with Gasteiger partial charge in [-0.3, -0.25) is 4.79 Å². The number of carboxylic acids is 1. The lowest BCUT2D eigenvalue weighted by Crippen LogP contribution is -2.17. The molecule has 1 aromatic rings. The fourth-order valence-electron chi connectivity index (χ4n) is 1.73. The lowest BCUT2D eigenvalue weighted by molar-refractivity contribution is -0.139. The van der Waals surface area contributed by atoms with E-state index in [4.69, 9.17) is 5.73 Å². The molecular formula is C12H17NO2S. The first-order valence-electron chi connectivity index (χ1n) is 5.13. The maximum Gasteiger partial charge on any atom is 0.311 e. The topological polar surface area (TPSA) is 63.3 Å². The Morgan fingerprint density at radius 1 is 1.44 bits per heavy atom. The summed E-state index contributed by atoms with van der Waals surface area (Å²) in [6, 6.07) is 5.45. The maximum atomic E-state index is 11.2. The summed E-state index contributed by atoms with van der Waals surface area (Å²) in [4.78, 5) is 12.1. The molecule has 0 aliphatic rings. The van der Waals surface area contributed by atoms with E-state index >= 15 is 0 Å². The third kappa shape index (κ3) is 2.70. The van der Waals surface area contributed by atoms with Crippen molar-refractivity contribution < 1.29 is 9.90 Å². The van der Waals surface area contributed by atoms with E-state index in [1.807, 2.05) is 26.2 Å². The second-order valence-electron chi connectivity index (χ2n) is 4.06. The van der Waals surface area contributed by atoms with Gasteiger partial charge in [0, 0.05) is 10.6 Å². The van der Waals surface area contributed by atoms with Gasteiger partial charge in [-0.1, -0.05) is 19.9 Å². The Balaban J connectivity index is 3.15. The Hall–Kier alpha value is -1.16. The first-order valence-corrected chi connectivity index (χ1v) is 6.36. The van der Waals surface area contributed by atoms with Crippen LogP contribution in [0, 0.1) is 5.92 Å². The molecule has 1 aromatic carbocycles. The van der Waals surface area contributed by atoms with Gasteiger partial charge in [-0.05, 0) is 29.9 Å². The van der Waals surface area contributed by atoms with E-state index in [2.05, 4.69) is 0 Å². The zero-order valence-corrected chi connectivity index (χ0v) is 10.5. The minimum Gasteiger partial charge on any atom is -0.481 e. The van der Waals surface area contributed by atoms with Crippen LogP contribution in [-0.4, -0.2) is 17.3 Å². The minimum atomic E-state index is -0.785. The number of nitrogen functional groups attached to an aromatic ring is 1. The number of aliphatic carboxylic acids is 1. The predicted molar refractivity (Wildman–Crippen MR) is 67.9 cm³/mol. The van der Waals surface area contributed by atoms with Crippen molar-refractivity contribution in [2.24, 2.45) is 5.92 Å². The van der Waals surface area contributed by atoms with Crippen LogP contribution in [0.15, 0.2) is 23.1 Å². The fourth-order valence-corrected chi connectivity index (χ4v) is 2.29. The van der Waals surface area contributed by atoms with Crippen LogP contribution in [0.5, 0.6) is 0 Å². The Morgan fingerprint density at radius 3 is 2.50 bits per heavy atom. The second-order valence-corrected chi connectivity index (χ2v) is 4.91. The summed E-state index contributed by atoms with van der Waals surface area (Å²) in [6.45, 7) is 3.82. The van der Waals surface area contributed by atoms with Crippen LogP contribution in [0.3, 0.4) is 0 Å². The van der Waals surface area contributed by atoms with Gasteiger partial charge in [-0.15, -0.1) is 11.8 Å². The molecule has 0 fully saturated rings. The normalized spacial score (nSPS) is 12.8. The first-order chi connectivity index (χ1) is 7.47. The Labute approximate surface area is 100 Å². The third-order valence-corrected chi connectivity index (χ3v) is 3.34. The Kier molecular flexibility index (Phi) is 4.24. The number of hydrogen-bond acceptors (Lipinski definition) is 3. The number of hydrogen-bond donors (Lipinski definition) is 2. The van der Waals surface area contributed by atoms with Crippen molar-refractivity contribution in [3.63, 3.8) is 0 Å². The van der Waals surface area contributed by atoms with E-state index < -0.39 is 11.9 Å². The highest BCUT2D eigenvalue weighted by molar-refractivity contribution is 7.98. The molecule has 16 heavy (non-hydrogen) atoms. The smallest absolute Gasteiger partial charge is 0.311 e. The van der Waals surface area contributed by atoms with E-state index in [-0.39, 0.29) is 5.92 Å². The molecule has 0 amide bonds. The lowest BCUT2D eigenvalue weighted by atomic mass is 9.88. The molecule has 0 spiro atoms. The summed E-state index contributed by atoms with van der Waals surface area (Å²) in [7, 11) is 0. The van der Waals surface area contributed by atoms with Crippen molar-refractivity contribution in [1.82, 2.24) is 0 Å². The van der Waals surface area contributed by atoms with Crippen LogP contribution in [0.1, 0.15) is 25.3 Å². The van der Waals surface area contributed by atoms with Crippen molar-refractivity contribution >= 4 is 23.4 Å². The number of nitrogens with two attached hydrogens (primary N) is 1. The Bertz CT molecular complexity index is 391. The zero-order valence-electron chi connectivity index (χ0n) is 9.73. The van der Waals surface area contributed by atoms with Gasteiger partial charge in [-0.25, -0.2) is 0 Å². The molecule has 0 bridgehead atoms. The highest BCUT2D eigenvalue weighted by Crippen LogP contribution is 2.30. The van der Waals surface area contributed by atoms with Crippen LogP contribution in [0.2, 0.25) is 0 Å². The van der Waals surface area contributed by atoms with Crippen molar-refractivity contribution in [1.29, 1.82) is 0 Å². The predicted octanol–water partition coefficient (Wildman–Crippen LogP) is 2.81. The van der Waals surface area contributed by atoms with Crippen LogP contribution in [0.4, 0.5) is 5.69 Å². The van der Waals surface area contributed by atoms with Gasteiger partial charge in [0.1, 0.15) is 0 Å². The molecule has 0 heterocycles. The van der Waals surface area contributed by atoms with Crippen molar-refractivity contribution in [3.05, 3.63) is 23.8 Å². The monoisotopic (exact) mass is 239 g/mol. The summed E-state index contributed by atoms with van der Waals surface area (Å²) in [5.41, 5.74) is 7.30. The average Bonchev–Trinajstić information content (AvgIpc) is 2.19. The molecule has 0 saturated carbocycles. The highest BCUT2D eigenvalue weighted by atomic mass is 32.2. The van der Waals surface area contributed by atoms with Crippen molar-refractivity contribution in [2.75, 3.05) is 12.0 Å². The summed E-state index contributed by atoms with van der Waals surface area (Å²) < 4.78 is 0. The molecule has 1 atom stereocenters. The van der Waals surface area contributed by atoms with Crippen LogP contribution >= 0.6 is 11.8 Å². The molecule has 0 saturated heterocycles. The summed E-state index contributed by atoms with van der Waals surface area (Å²) in [6.07, 6.45) is 1.93. The van der Waals surface area contributed by atoms with Gasteiger partial charge in [0.05, 0.1) is 5.92 Å². The van der Waals surface area contributed by atoms with Gasteiger partial charge in [0.15, 0.2) is 0 Å². The van der Waals surface area contributed by atoms with E-state index in [9.17, 15) is 9.90 Å². The quantitative estimate of drug-likeness (QED) is 0.626. The van der Waals surface area contributed by atoms with Gasteiger partial charge < -0.3 is 10.8 Å². The second kappa shape index (κ2) is 5.25. The fraction of sp³-hybridized carbons (Fsp3) is 0.417. The molecule has 1 rings (SSSR count). The standard InChI is InChI=1S/C12H17NO2S/c1-7(2)11(12(14)15)8-4-5-9(13)10(6-8)16-3/h4-7,11H,13H2,1-3H3,(H,14,15). The van der Waals surface area contributed by atoms with Crippen LogP contribution in [-0.2, 0) is 4.79 Å². The number of benzene rings is 1. The zero-order chi connectivity index (χ0) is 12.3. The molecule has 1 unspecified atom stereocenters. The average molecular weight is 239 g/mol. The molecule has 0 aliphatic carbocycles. The molecule has 0 aliphatic heterocycles. The molecule has 0 radical (unpaired) electrons. The molecule has 4 heteroatoms. The Morgan fingerprint density at radius 2 is 2.06 bits per heavy atom. The molecule has 0 aromatic heterocycles. The summed E-state index contributed by atoms with van der Waals surface area (Å²) in [5.74, 6) is -1.19. The minimum absolute atomic E-state index is 0.0656. The number of anilines is 1. The van der Waals surface area contributed by atoms with Crippen molar-refractivity contribution in [2.45, 2.75) is 24.7 Å². The van der Waals surface area contributed by atoms with Crippen LogP contribution < -0.4 is 5.73 Å². The van der Waals surface area contributed by atoms with Gasteiger partial charge in [0.2, 0.25) is 0 Å². The largest absolute Gasteiger partial charge is 0.481 e. The summed E-state index contributed by atoms with van der Waals surface area (Å²) in [5, 5.41) is 9.19.